The van der Waals surface area contributed by atoms with Crippen molar-refractivity contribution in [1.82, 2.24) is 5.32 Å². The van der Waals surface area contributed by atoms with Crippen LogP contribution in [0.3, 0.4) is 0 Å². The zero-order valence-electron chi connectivity index (χ0n) is 13.9. The molecule has 0 saturated heterocycles. The van der Waals surface area contributed by atoms with Crippen LogP contribution in [0.2, 0.25) is 0 Å². The van der Waals surface area contributed by atoms with Gasteiger partial charge in [0.15, 0.2) is 0 Å². The molecule has 1 aliphatic rings. The molecular weight excluding hydrogens is 306 g/mol. The van der Waals surface area contributed by atoms with Crippen LogP contribution in [-0.4, -0.2) is 26.7 Å². The van der Waals surface area contributed by atoms with E-state index >= 15 is 0 Å². The van der Waals surface area contributed by atoms with E-state index < -0.39 is 0 Å². The van der Waals surface area contributed by atoms with Gasteiger partial charge in [-0.15, -0.1) is 0 Å². The Balaban J connectivity index is 1.63. The van der Waals surface area contributed by atoms with Crippen LogP contribution in [0.25, 0.3) is 0 Å². The van der Waals surface area contributed by atoms with Gasteiger partial charge in [0.05, 0.1) is 20.1 Å². The monoisotopic (exact) mass is 327 g/mol. The Labute approximate surface area is 141 Å². The van der Waals surface area contributed by atoms with Crippen LogP contribution < -0.4 is 19.5 Å². The summed E-state index contributed by atoms with van der Waals surface area (Å²) in [5.41, 5.74) is 1.95. The van der Waals surface area contributed by atoms with E-state index in [1.54, 1.807) is 14.2 Å². The summed E-state index contributed by atoms with van der Waals surface area (Å²) in [7, 11) is 3.25. The van der Waals surface area contributed by atoms with Gasteiger partial charge in [-0.2, -0.15) is 0 Å². The minimum absolute atomic E-state index is 0.0191. The number of carbonyl (C=O) groups is 1. The van der Waals surface area contributed by atoms with Crippen LogP contribution in [0.15, 0.2) is 42.5 Å². The fraction of sp³-hybridized carbons (Fsp3) is 0.316. The van der Waals surface area contributed by atoms with Crippen molar-refractivity contribution in [2.24, 2.45) is 5.92 Å². The molecule has 0 fully saturated rings. The third kappa shape index (κ3) is 3.45. The number of hydrogen-bond acceptors (Lipinski definition) is 4. The molecule has 0 bridgehead atoms. The standard InChI is InChI=1S/C19H21NO4/c1-22-16-7-8-18-14(10-16)9-15(12-24-18)19(21)20-11-13-5-3-4-6-17(13)23-2/h3-8,10,15H,9,11-12H2,1-2H3,(H,20,21). The van der Waals surface area contributed by atoms with Gasteiger partial charge < -0.3 is 19.5 Å². The quantitative estimate of drug-likeness (QED) is 0.917. The van der Waals surface area contributed by atoms with E-state index in [0.29, 0.717) is 19.6 Å². The summed E-state index contributed by atoms with van der Waals surface area (Å²) >= 11 is 0. The molecule has 1 atom stereocenters. The van der Waals surface area contributed by atoms with Crippen molar-refractivity contribution in [1.29, 1.82) is 0 Å². The Bertz CT molecular complexity index is 729. The third-order valence-electron chi connectivity index (χ3n) is 4.19. The van der Waals surface area contributed by atoms with Crippen molar-refractivity contribution in [2.45, 2.75) is 13.0 Å². The molecule has 1 unspecified atom stereocenters. The first-order valence-corrected chi connectivity index (χ1v) is 7.90. The highest BCUT2D eigenvalue weighted by Crippen LogP contribution is 2.30. The second-order valence-electron chi connectivity index (χ2n) is 5.72. The highest BCUT2D eigenvalue weighted by atomic mass is 16.5. The number of hydrogen-bond donors (Lipinski definition) is 1. The zero-order chi connectivity index (χ0) is 16.9. The van der Waals surface area contributed by atoms with E-state index in [1.165, 1.54) is 0 Å². The molecule has 2 aromatic carbocycles. The number of fused-ring (bicyclic) bond motifs is 1. The van der Waals surface area contributed by atoms with Gasteiger partial charge in [-0.3, -0.25) is 4.79 Å². The van der Waals surface area contributed by atoms with E-state index in [1.807, 2.05) is 42.5 Å². The van der Waals surface area contributed by atoms with Crippen LogP contribution in [0.1, 0.15) is 11.1 Å². The van der Waals surface area contributed by atoms with E-state index in [4.69, 9.17) is 14.2 Å². The molecule has 0 aromatic heterocycles. The van der Waals surface area contributed by atoms with Crippen LogP contribution in [-0.2, 0) is 17.8 Å². The molecule has 1 N–H and O–H groups in total. The van der Waals surface area contributed by atoms with Crippen molar-refractivity contribution in [3.8, 4) is 17.2 Å². The molecule has 5 heteroatoms. The number of para-hydroxylation sites is 1. The number of benzene rings is 2. The number of carbonyl (C=O) groups excluding carboxylic acids is 1. The number of rotatable bonds is 5. The SMILES string of the molecule is COc1ccc2c(c1)CC(C(=O)NCc1ccccc1OC)CO2. The minimum Gasteiger partial charge on any atom is -0.497 e. The van der Waals surface area contributed by atoms with Gasteiger partial charge in [0.25, 0.3) is 0 Å². The Morgan fingerprint density at radius 1 is 1.21 bits per heavy atom. The molecular formula is C19H21NO4. The average Bonchev–Trinajstić information content (AvgIpc) is 2.65. The van der Waals surface area contributed by atoms with Crippen LogP contribution in [0, 0.1) is 5.92 Å². The summed E-state index contributed by atoms with van der Waals surface area (Å²) < 4.78 is 16.3. The molecule has 0 saturated carbocycles. The minimum atomic E-state index is -0.209. The molecule has 24 heavy (non-hydrogen) atoms. The topological polar surface area (TPSA) is 56.8 Å². The third-order valence-corrected chi connectivity index (χ3v) is 4.19. The van der Waals surface area contributed by atoms with Gasteiger partial charge in [-0.25, -0.2) is 0 Å². The van der Waals surface area contributed by atoms with Crippen LogP contribution in [0.4, 0.5) is 0 Å². The average molecular weight is 327 g/mol. The fourth-order valence-electron chi connectivity index (χ4n) is 2.84. The Morgan fingerprint density at radius 2 is 2.04 bits per heavy atom. The normalized spacial score (nSPS) is 15.8. The van der Waals surface area contributed by atoms with E-state index in [0.717, 1.165) is 28.4 Å². The molecule has 1 aliphatic heterocycles. The van der Waals surface area contributed by atoms with Gasteiger partial charge in [0, 0.05) is 12.1 Å². The Hall–Kier alpha value is -2.69. The van der Waals surface area contributed by atoms with Crippen molar-refractivity contribution in [3.63, 3.8) is 0 Å². The second kappa shape index (κ2) is 7.25. The van der Waals surface area contributed by atoms with Gasteiger partial charge >= 0.3 is 0 Å². The molecule has 0 spiro atoms. The van der Waals surface area contributed by atoms with Gasteiger partial charge in [-0.1, -0.05) is 18.2 Å². The molecule has 0 aliphatic carbocycles. The Morgan fingerprint density at radius 3 is 2.83 bits per heavy atom. The van der Waals surface area contributed by atoms with Gasteiger partial charge in [0.2, 0.25) is 5.91 Å². The molecule has 1 heterocycles. The van der Waals surface area contributed by atoms with E-state index in [-0.39, 0.29) is 11.8 Å². The number of ether oxygens (including phenoxy) is 3. The van der Waals surface area contributed by atoms with Crippen LogP contribution >= 0.6 is 0 Å². The lowest BCUT2D eigenvalue weighted by molar-refractivity contribution is -0.126. The lowest BCUT2D eigenvalue weighted by Gasteiger charge is -2.25. The van der Waals surface area contributed by atoms with Gasteiger partial charge in [-0.05, 0) is 36.2 Å². The zero-order valence-corrected chi connectivity index (χ0v) is 13.9. The Kier molecular flexibility index (Phi) is 4.89. The fourth-order valence-corrected chi connectivity index (χ4v) is 2.84. The molecule has 2 aromatic rings. The van der Waals surface area contributed by atoms with E-state index in [2.05, 4.69) is 5.32 Å². The molecule has 5 nitrogen and oxygen atoms in total. The number of methoxy groups -OCH3 is 2. The number of nitrogens with one attached hydrogen (secondary N) is 1. The maximum atomic E-state index is 12.5. The predicted octanol–water partition coefficient (Wildman–Crippen LogP) is 2.57. The summed E-state index contributed by atoms with van der Waals surface area (Å²) in [6, 6.07) is 13.3. The molecule has 1 amide bonds. The van der Waals surface area contributed by atoms with Crippen molar-refractivity contribution in [3.05, 3.63) is 53.6 Å². The summed E-state index contributed by atoms with van der Waals surface area (Å²) in [5, 5.41) is 2.97. The highest BCUT2D eigenvalue weighted by Gasteiger charge is 2.26. The second-order valence-corrected chi connectivity index (χ2v) is 5.72. The molecule has 3 rings (SSSR count). The number of amides is 1. The first-order chi connectivity index (χ1) is 11.7. The highest BCUT2D eigenvalue weighted by molar-refractivity contribution is 5.79. The van der Waals surface area contributed by atoms with Crippen LogP contribution in [0.5, 0.6) is 17.2 Å². The molecule has 126 valence electrons. The summed E-state index contributed by atoms with van der Waals surface area (Å²) in [6.45, 7) is 0.821. The molecule has 0 radical (unpaired) electrons. The maximum Gasteiger partial charge on any atom is 0.227 e. The lowest BCUT2D eigenvalue weighted by atomic mass is 9.95. The smallest absolute Gasteiger partial charge is 0.227 e. The van der Waals surface area contributed by atoms with Gasteiger partial charge in [0.1, 0.15) is 23.9 Å². The van der Waals surface area contributed by atoms with Crippen molar-refractivity contribution < 1.29 is 19.0 Å². The largest absolute Gasteiger partial charge is 0.497 e. The summed E-state index contributed by atoms with van der Waals surface area (Å²) in [4.78, 5) is 12.5. The maximum absolute atomic E-state index is 12.5. The summed E-state index contributed by atoms with van der Waals surface area (Å²) in [6.07, 6.45) is 0.643. The first kappa shape index (κ1) is 16.2. The summed E-state index contributed by atoms with van der Waals surface area (Å²) in [5.74, 6) is 2.14. The first-order valence-electron chi connectivity index (χ1n) is 7.90. The van der Waals surface area contributed by atoms with E-state index in [9.17, 15) is 4.79 Å². The lowest BCUT2D eigenvalue weighted by Crippen LogP contribution is -2.37. The van der Waals surface area contributed by atoms with Crippen molar-refractivity contribution >= 4 is 5.91 Å². The predicted molar refractivity (Wildman–Crippen MR) is 90.5 cm³/mol. The van der Waals surface area contributed by atoms with Crippen molar-refractivity contribution in [2.75, 3.05) is 20.8 Å².